The molecule has 2 amide bonds. The highest BCUT2D eigenvalue weighted by atomic mass is 127. The lowest BCUT2D eigenvalue weighted by atomic mass is 10.2. The van der Waals surface area contributed by atoms with Crippen molar-refractivity contribution in [2.75, 3.05) is 25.0 Å². The van der Waals surface area contributed by atoms with Gasteiger partial charge in [-0.15, -0.1) is 0 Å². The van der Waals surface area contributed by atoms with Crippen molar-refractivity contribution < 1.29 is 23.2 Å². The number of hydrogen-bond donors (Lipinski definition) is 2. The smallest absolute Gasteiger partial charge is 0.312 e. The third-order valence-electron chi connectivity index (χ3n) is 4.69. The number of nitrogens with one attached hydrogen (secondary N) is 2. The molecule has 0 unspecified atom stereocenters. The number of nitrogens with zero attached hydrogens (tertiary/aromatic N) is 2. The first-order valence-electron chi connectivity index (χ1n) is 9.31. The molecule has 2 N–H and O–H groups in total. The Kier molecular flexibility index (Phi) is 6.13. The molecule has 0 radical (unpaired) electrons. The van der Waals surface area contributed by atoms with Gasteiger partial charge in [-0.2, -0.15) is 0 Å². The van der Waals surface area contributed by atoms with Gasteiger partial charge in [-0.1, -0.05) is 0 Å². The van der Waals surface area contributed by atoms with Crippen LogP contribution in [0.3, 0.4) is 0 Å². The fourth-order valence-corrected chi connectivity index (χ4v) is 3.66. The van der Waals surface area contributed by atoms with E-state index in [1.54, 1.807) is 23.1 Å². The van der Waals surface area contributed by atoms with Crippen LogP contribution in [0.5, 0.6) is 0 Å². The molecule has 1 saturated heterocycles. The minimum Gasteiger partial charge on any atom is -0.448 e. The van der Waals surface area contributed by atoms with Gasteiger partial charge in [-0.3, -0.25) is 19.4 Å². The maximum absolute atomic E-state index is 14.3. The quantitative estimate of drug-likeness (QED) is 0.279. The Morgan fingerprint density at radius 1 is 1.37 bits per heavy atom. The molecular formula is C20H18FIN4O4. The van der Waals surface area contributed by atoms with E-state index in [1.165, 1.54) is 18.5 Å². The fourth-order valence-electron chi connectivity index (χ4n) is 3.21. The van der Waals surface area contributed by atoms with Gasteiger partial charge in [-0.25, -0.2) is 9.87 Å². The molecule has 1 aliphatic heterocycles. The van der Waals surface area contributed by atoms with Gasteiger partial charge in [0.15, 0.2) is 0 Å². The van der Waals surface area contributed by atoms with E-state index >= 15 is 0 Å². The second kappa shape index (κ2) is 8.96. The summed E-state index contributed by atoms with van der Waals surface area (Å²) in [6.07, 6.45) is 4.44. The van der Waals surface area contributed by atoms with Crippen molar-refractivity contribution in [2.24, 2.45) is 0 Å². The summed E-state index contributed by atoms with van der Waals surface area (Å²) >= 11 is 2.02. The number of benzene rings is 1. The topological polar surface area (TPSA) is 96.7 Å². The van der Waals surface area contributed by atoms with Crippen molar-refractivity contribution in [1.82, 2.24) is 15.4 Å². The molecule has 10 heteroatoms. The number of halogens is 2. The summed E-state index contributed by atoms with van der Waals surface area (Å²) in [5.74, 6) is -1.07. The fraction of sp³-hybridized carbons (Fsp3) is 0.250. The lowest BCUT2D eigenvalue weighted by Gasteiger charge is -2.15. The average Bonchev–Trinajstić information content (AvgIpc) is 3.31. The molecule has 0 spiro atoms. The predicted octanol–water partition coefficient (Wildman–Crippen LogP) is 3.60. The molecule has 0 saturated carbocycles. The summed E-state index contributed by atoms with van der Waals surface area (Å²) in [6, 6.07) is 6.32. The molecule has 0 aliphatic carbocycles. The number of furan rings is 1. The number of fused-ring (bicyclic) bond motifs is 1. The van der Waals surface area contributed by atoms with Crippen LogP contribution in [0.1, 0.15) is 23.4 Å². The number of hydrogen-bond acceptors (Lipinski definition) is 6. The lowest BCUT2D eigenvalue weighted by molar-refractivity contribution is -0.128. The van der Waals surface area contributed by atoms with Gasteiger partial charge in [0, 0.05) is 35.5 Å². The van der Waals surface area contributed by atoms with Gasteiger partial charge in [-0.05, 0) is 53.3 Å². The highest BCUT2D eigenvalue weighted by Gasteiger charge is 2.23. The minimum atomic E-state index is -0.632. The van der Waals surface area contributed by atoms with E-state index in [9.17, 15) is 14.0 Å². The number of pyridine rings is 1. The Balaban J connectivity index is 1.50. The Morgan fingerprint density at radius 3 is 3.00 bits per heavy atom. The number of aromatic nitrogens is 1. The van der Waals surface area contributed by atoms with Gasteiger partial charge < -0.3 is 14.6 Å². The van der Waals surface area contributed by atoms with Crippen LogP contribution in [-0.2, 0) is 9.63 Å². The highest BCUT2D eigenvalue weighted by molar-refractivity contribution is 14.1. The van der Waals surface area contributed by atoms with Crippen LogP contribution in [0.2, 0.25) is 0 Å². The molecule has 1 aliphatic rings. The summed E-state index contributed by atoms with van der Waals surface area (Å²) in [4.78, 5) is 35.2. The van der Waals surface area contributed by atoms with Gasteiger partial charge in [0.1, 0.15) is 17.1 Å². The zero-order valence-electron chi connectivity index (χ0n) is 15.8. The van der Waals surface area contributed by atoms with Crippen molar-refractivity contribution in [2.45, 2.75) is 12.8 Å². The van der Waals surface area contributed by atoms with Crippen molar-refractivity contribution in [3.05, 3.63) is 51.8 Å². The molecule has 0 bridgehead atoms. The molecule has 0 atom stereocenters. The molecule has 3 heterocycles. The summed E-state index contributed by atoms with van der Waals surface area (Å²) in [6.45, 7) is 1.23. The van der Waals surface area contributed by atoms with Crippen molar-refractivity contribution in [1.29, 1.82) is 0 Å². The number of hydroxylamine groups is 1. The standard InChI is InChI=1S/C20H18FIN4O4/c21-14-10-12(22)3-4-15(14)24-18-13-11-23-6-5-16(13)30-19(18)20(28)25-29-9-8-26-7-1-2-17(26)27/h3-6,10-11,24H,1-2,7-9H2,(H,25,28). The largest absolute Gasteiger partial charge is 0.448 e. The van der Waals surface area contributed by atoms with E-state index in [0.29, 0.717) is 30.5 Å². The Labute approximate surface area is 184 Å². The van der Waals surface area contributed by atoms with E-state index in [4.69, 9.17) is 9.25 Å². The zero-order chi connectivity index (χ0) is 21.1. The summed E-state index contributed by atoms with van der Waals surface area (Å²) in [5.41, 5.74) is 3.23. The zero-order valence-corrected chi connectivity index (χ0v) is 17.9. The number of anilines is 2. The molecule has 4 rings (SSSR count). The van der Waals surface area contributed by atoms with E-state index < -0.39 is 11.7 Å². The number of rotatable bonds is 7. The third kappa shape index (κ3) is 4.38. The first-order chi connectivity index (χ1) is 14.5. The molecule has 8 nitrogen and oxygen atoms in total. The van der Waals surface area contributed by atoms with Crippen molar-refractivity contribution >= 4 is 56.7 Å². The molecule has 1 aromatic carbocycles. The van der Waals surface area contributed by atoms with Gasteiger partial charge in [0.25, 0.3) is 0 Å². The van der Waals surface area contributed by atoms with Crippen LogP contribution in [0.4, 0.5) is 15.8 Å². The number of carbonyl (C=O) groups is 2. The maximum Gasteiger partial charge on any atom is 0.312 e. The molecule has 156 valence electrons. The average molecular weight is 524 g/mol. The Bertz CT molecular complexity index is 1100. The van der Waals surface area contributed by atoms with Gasteiger partial charge in [0.2, 0.25) is 11.7 Å². The molecule has 2 aromatic heterocycles. The minimum absolute atomic E-state index is 0.0619. The van der Waals surface area contributed by atoms with Crippen LogP contribution < -0.4 is 10.8 Å². The number of likely N-dealkylation sites (tertiary alicyclic amines) is 1. The van der Waals surface area contributed by atoms with Crippen molar-refractivity contribution in [3.8, 4) is 0 Å². The van der Waals surface area contributed by atoms with E-state index in [2.05, 4.69) is 15.8 Å². The molecular weight excluding hydrogens is 506 g/mol. The van der Waals surface area contributed by atoms with Gasteiger partial charge >= 0.3 is 5.91 Å². The third-order valence-corrected chi connectivity index (χ3v) is 5.36. The van der Waals surface area contributed by atoms with E-state index in [1.807, 2.05) is 22.6 Å². The highest BCUT2D eigenvalue weighted by Crippen LogP contribution is 2.33. The first kappa shape index (κ1) is 20.5. The summed E-state index contributed by atoms with van der Waals surface area (Å²) < 4.78 is 20.7. The van der Waals surface area contributed by atoms with Crippen LogP contribution >= 0.6 is 22.6 Å². The Morgan fingerprint density at radius 2 is 2.23 bits per heavy atom. The predicted molar refractivity (Wildman–Crippen MR) is 116 cm³/mol. The normalized spacial score (nSPS) is 13.8. The van der Waals surface area contributed by atoms with Crippen LogP contribution in [0.15, 0.2) is 41.1 Å². The van der Waals surface area contributed by atoms with E-state index in [0.717, 1.165) is 9.99 Å². The molecule has 3 aromatic rings. The van der Waals surface area contributed by atoms with Crippen LogP contribution in [0, 0.1) is 9.39 Å². The maximum atomic E-state index is 14.3. The second-order valence-corrected chi connectivity index (χ2v) is 7.94. The Hall–Kier alpha value is -2.73. The monoisotopic (exact) mass is 524 g/mol. The molecule has 30 heavy (non-hydrogen) atoms. The summed E-state index contributed by atoms with van der Waals surface area (Å²) in [7, 11) is 0. The van der Waals surface area contributed by atoms with E-state index in [-0.39, 0.29) is 29.6 Å². The molecule has 1 fully saturated rings. The van der Waals surface area contributed by atoms with Crippen LogP contribution in [-0.4, -0.2) is 41.4 Å². The van der Waals surface area contributed by atoms with Crippen LogP contribution in [0.25, 0.3) is 11.0 Å². The number of carbonyl (C=O) groups excluding carboxylic acids is 2. The number of amides is 2. The second-order valence-electron chi connectivity index (χ2n) is 6.69. The van der Waals surface area contributed by atoms with Gasteiger partial charge in [0.05, 0.1) is 17.7 Å². The summed E-state index contributed by atoms with van der Waals surface area (Å²) in [5, 5.41) is 3.46. The first-order valence-corrected chi connectivity index (χ1v) is 10.4. The van der Waals surface area contributed by atoms with Crippen molar-refractivity contribution in [3.63, 3.8) is 0 Å². The lowest BCUT2D eigenvalue weighted by Crippen LogP contribution is -2.32. The SMILES string of the molecule is O=C(NOCCN1CCCC1=O)c1oc2ccncc2c1Nc1ccc(I)cc1F.